The number of nitrogens with zero attached hydrogens (tertiary/aromatic N) is 4. The quantitative estimate of drug-likeness (QED) is 0.321. The lowest BCUT2D eigenvalue weighted by Gasteiger charge is -2.35. The fourth-order valence-electron chi connectivity index (χ4n) is 4.84. The molecule has 0 unspecified atom stereocenters. The zero-order valence-electron chi connectivity index (χ0n) is 21.2. The van der Waals surface area contributed by atoms with E-state index in [0.717, 1.165) is 59.9 Å². The van der Waals surface area contributed by atoms with Crippen LogP contribution in [-0.2, 0) is 17.9 Å². The number of hydrogen-bond acceptors (Lipinski definition) is 5. The second-order valence-electron chi connectivity index (χ2n) is 9.43. The fraction of sp³-hybridized carbons (Fsp3) is 0.258. The third kappa shape index (κ3) is 6.15. The molecule has 4 aromatic rings. The van der Waals surface area contributed by atoms with Crippen molar-refractivity contribution in [2.75, 3.05) is 25.1 Å². The van der Waals surface area contributed by atoms with Crippen LogP contribution in [-0.4, -0.2) is 41.2 Å². The van der Waals surface area contributed by atoms with E-state index in [9.17, 15) is 4.79 Å². The molecule has 1 aromatic heterocycles. The van der Waals surface area contributed by atoms with Crippen molar-refractivity contribution in [3.8, 4) is 17.0 Å². The predicted octanol–water partition coefficient (Wildman–Crippen LogP) is 5.60. The summed E-state index contributed by atoms with van der Waals surface area (Å²) in [5, 5.41) is 8.94. The highest BCUT2D eigenvalue weighted by Crippen LogP contribution is 2.26. The maximum Gasteiger partial charge on any atom is 0.226 e. The lowest BCUT2D eigenvalue weighted by atomic mass is 9.94. The van der Waals surface area contributed by atoms with Gasteiger partial charge in [-0.3, -0.25) is 4.79 Å². The first-order chi connectivity index (χ1) is 18.2. The van der Waals surface area contributed by atoms with Crippen molar-refractivity contribution in [2.45, 2.75) is 25.9 Å². The number of carbonyl (C=O) groups excluding carboxylic acids is 1. The number of methoxy groups -OCH3 is 1. The number of ether oxygens (including phenoxy) is 1. The fourth-order valence-corrected chi connectivity index (χ4v) is 4.84. The largest absolute Gasteiger partial charge is 0.497 e. The number of hydrogen-bond donors (Lipinski definition) is 0. The predicted molar refractivity (Wildman–Crippen MR) is 146 cm³/mol. The first-order valence-electron chi connectivity index (χ1n) is 12.8. The van der Waals surface area contributed by atoms with Crippen LogP contribution < -0.4 is 9.64 Å². The van der Waals surface area contributed by atoms with Crippen LogP contribution in [0.1, 0.15) is 24.0 Å². The molecular formula is C31H32N4O2. The molecule has 0 aliphatic carbocycles. The molecule has 0 saturated carbocycles. The molecule has 0 radical (unpaired) electrons. The maximum absolute atomic E-state index is 13.7. The maximum atomic E-state index is 13.7. The topological polar surface area (TPSA) is 58.6 Å². The molecule has 37 heavy (non-hydrogen) atoms. The molecule has 0 atom stereocenters. The number of amides is 1. The summed E-state index contributed by atoms with van der Waals surface area (Å²) in [6, 6.07) is 32.3. The van der Waals surface area contributed by atoms with E-state index < -0.39 is 0 Å². The van der Waals surface area contributed by atoms with Crippen LogP contribution in [0.5, 0.6) is 5.75 Å². The van der Waals surface area contributed by atoms with Crippen LogP contribution in [0.25, 0.3) is 11.3 Å². The summed E-state index contributed by atoms with van der Waals surface area (Å²) in [5.41, 5.74) is 4.13. The Hall–Kier alpha value is -4.19. The Labute approximate surface area is 218 Å². The van der Waals surface area contributed by atoms with Gasteiger partial charge in [-0.25, -0.2) is 0 Å². The summed E-state index contributed by atoms with van der Waals surface area (Å²) in [4.78, 5) is 17.9. The summed E-state index contributed by atoms with van der Waals surface area (Å²) < 4.78 is 5.23. The van der Waals surface area contributed by atoms with E-state index in [2.05, 4.69) is 39.4 Å². The Morgan fingerprint density at radius 1 is 0.811 bits per heavy atom. The van der Waals surface area contributed by atoms with E-state index in [1.165, 1.54) is 0 Å². The zero-order valence-corrected chi connectivity index (χ0v) is 21.2. The van der Waals surface area contributed by atoms with Gasteiger partial charge in [0.1, 0.15) is 5.75 Å². The van der Waals surface area contributed by atoms with Crippen LogP contribution >= 0.6 is 0 Å². The highest BCUT2D eigenvalue weighted by atomic mass is 16.5. The van der Waals surface area contributed by atoms with Gasteiger partial charge in [-0.1, -0.05) is 60.7 Å². The van der Waals surface area contributed by atoms with E-state index in [0.29, 0.717) is 13.1 Å². The average Bonchev–Trinajstić information content (AvgIpc) is 2.98. The summed E-state index contributed by atoms with van der Waals surface area (Å²) in [6.07, 6.45) is 1.61. The first kappa shape index (κ1) is 24.5. The van der Waals surface area contributed by atoms with E-state index in [-0.39, 0.29) is 11.8 Å². The molecule has 0 spiro atoms. The Morgan fingerprint density at radius 3 is 1.92 bits per heavy atom. The molecule has 1 aliphatic heterocycles. The molecule has 6 heteroatoms. The molecule has 1 aliphatic rings. The number of anilines is 1. The van der Waals surface area contributed by atoms with Crippen LogP contribution in [0.2, 0.25) is 0 Å². The number of aromatic nitrogens is 2. The van der Waals surface area contributed by atoms with Crippen molar-refractivity contribution in [2.24, 2.45) is 5.92 Å². The lowest BCUT2D eigenvalue weighted by molar-refractivity contribution is -0.137. The van der Waals surface area contributed by atoms with Gasteiger partial charge in [0.15, 0.2) is 5.82 Å². The van der Waals surface area contributed by atoms with E-state index in [4.69, 9.17) is 4.74 Å². The number of benzene rings is 3. The van der Waals surface area contributed by atoms with Crippen molar-refractivity contribution < 1.29 is 9.53 Å². The molecule has 1 saturated heterocycles. The minimum absolute atomic E-state index is 0.00945. The lowest BCUT2D eigenvalue weighted by Crippen LogP contribution is -2.42. The molecule has 6 nitrogen and oxygen atoms in total. The van der Waals surface area contributed by atoms with E-state index in [1.54, 1.807) is 7.11 Å². The molecule has 0 bridgehead atoms. The highest BCUT2D eigenvalue weighted by molar-refractivity contribution is 5.79. The molecule has 188 valence electrons. The van der Waals surface area contributed by atoms with Crippen LogP contribution in [0, 0.1) is 5.92 Å². The summed E-state index contributed by atoms with van der Waals surface area (Å²) in [7, 11) is 1.66. The summed E-state index contributed by atoms with van der Waals surface area (Å²) >= 11 is 0. The molecule has 5 rings (SSSR count). The minimum Gasteiger partial charge on any atom is -0.497 e. The SMILES string of the molecule is COc1ccc(-c2ccc(N3CCC(C(=O)N(Cc4ccccc4)Cc4ccccc4)CC3)nn2)cc1. The second-order valence-corrected chi connectivity index (χ2v) is 9.43. The molecule has 0 N–H and O–H groups in total. The van der Waals surface area contributed by atoms with Gasteiger partial charge in [0.05, 0.1) is 12.8 Å². The number of piperidine rings is 1. The van der Waals surface area contributed by atoms with Gasteiger partial charge >= 0.3 is 0 Å². The van der Waals surface area contributed by atoms with Crippen molar-refractivity contribution in [1.29, 1.82) is 0 Å². The van der Waals surface area contributed by atoms with Crippen molar-refractivity contribution in [3.05, 3.63) is 108 Å². The van der Waals surface area contributed by atoms with Crippen LogP contribution in [0.4, 0.5) is 5.82 Å². The van der Waals surface area contributed by atoms with Gasteiger partial charge in [0.2, 0.25) is 5.91 Å². The second kappa shape index (κ2) is 11.7. The van der Waals surface area contributed by atoms with Crippen LogP contribution in [0.15, 0.2) is 97.1 Å². The number of rotatable bonds is 8. The van der Waals surface area contributed by atoms with Gasteiger partial charge < -0.3 is 14.5 Å². The van der Waals surface area contributed by atoms with Crippen molar-refractivity contribution in [1.82, 2.24) is 15.1 Å². The third-order valence-corrected chi connectivity index (χ3v) is 6.95. The van der Waals surface area contributed by atoms with Gasteiger partial charge in [-0.15, -0.1) is 10.2 Å². The monoisotopic (exact) mass is 492 g/mol. The molecule has 3 aromatic carbocycles. The first-order valence-corrected chi connectivity index (χ1v) is 12.8. The smallest absolute Gasteiger partial charge is 0.226 e. The average molecular weight is 493 g/mol. The molecule has 2 heterocycles. The van der Waals surface area contributed by atoms with E-state index in [1.807, 2.05) is 77.7 Å². The third-order valence-electron chi connectivity index (χ3n) is 6.95. The minimum atomic E-state index is 0.00945. The van der Waals surface area contributed by atoms with Crippen molar-refractivity contribution in [3.63, 3.8) is 0 Å². The highest BCUT2D eigenvalue weighted by Gasteiger charge is 2.29. The molecule has 1 fully saturated rings. The Bertz CT molecular complexity index is 1230. The number of carbonyl (C=O) groups is 1. The van der Waals surface area contributed by atoms with Crippen molar-refractivity contribution >= 4 is 11.7 Å². The van der Waals surface area contributed by atoms with Crippen LogP contribution in [0.3, 0.4) is 0 Å². The summed E-state index contributed by atoms with van der Waals surface area (Å²) in [6.45, 7) is 2.81. The molecular weight excluding hydrogens is 460 g/mol. The molecule has 1 amide bonds. The Morgan fingerprint density at radius 2 is 1.41 bits per heavy atom. The van der Waals surface area contributed by atoms with E-state index >= 15 is 0 Å². The summed E-state index contributed by atoms with van der Waals surface area (Å²) in [5.74, 6) is 1.91. The van der Waals surface area contributed by atoms with Gasteiger partial charge in [0, 0.05) is 37.7 Å². The zero-order chi connectivity index (χ0) is 25.5. The standard InChI is InChI=1S/C31H32N4O2/c1-37-28-14-12-26(13-15-28)29-16-17-30(33-32-29)34-20-18-27(19-21-34)31(36)35(22-24-8-4-2-5-9-24)23-25-10-6-3-7-11-25/h2-17,27H,18-23H2,1H3. The normalized spacial score (nSPS) is 13.8. The van der Waals surface area contributed by atoms with Gasteiger partial charge in [-0.05, 0) is 60.4 Å². The van der Waals surface area contributed by atoms with Gasteiger partial charge in [0.25, 0.3) is 0 Å². The Kier molecular flexibility index (Phi) is 7.75. The van der Waals surface area contributed by atoms with Gasteiger partial charge in [-0.2, -0.15) is 0 Å². The Balaban J connectivity index is 1.22.